The van der Waals surface area contributed by atoms with Gasteiger partial charge in [-0.15, -0.1) is 0 Å². The number of carbonyl (C=O) groups excluding carboxylic acids is 1. The van der Waals surface area contributed by atoms with Crippen LogP contribution >= 0.6 is 0 Å². The molecule has 0 fully saturated rings. The molecule has 1 amide bonds. The van der Waals surface area contributed by atoms with Gasteiger partial charge in [-0.05, 0) is 6.92 Å². The molecule has 2 N–H and O–H groups in total. The van der Waals surface area contributed by atoms with Gasteiger partial charge < -0.3 is 15.2 Å². The first-order valence-electron chi connectivity index (χ1n) is 2.79. The standard InChI is InChI=1S/C5H9NO4.2Na.2H/c1-2-10-4(7)3-6-5(8)9;;;;/h6H,2-3H2,1H3,(H,8,9);;;;. The van der Waals surface area contributed by atoms with Gasteiger partial charge in [0.25, 0.3) is 0 Å². The fourth-order valence-electron chi connectivity index (χ4n) is 0.360. The van der Waals surface area contributed by atoms with Crippen molar-refractivity contribution in [3.05, 3.63) is 0 Å². The molecule has 0 heterocycles. The molecule has 0 aliphatic heterocycles. The van der Waals surface area contributed by atoms with E-state index in [1.165, 1.54) is 0 Å². The summed E-state index contributed by atoms with van der Waals surface area (Å²) >= 11 is 0. The van der Waals surface area contributed by atoms with Gasteiger partial charge in [0, 0.05) is 0 Å². The summed E-state index contributed by atoms with van der Waals surface area (Å²) in [5.41, 5.74) is 0. The monoisotopic (exact) mass is 195 g/mol. The maximum absolute atomic E-state index is 10.4. The zero-order valence-electron chi connectivity index (χ0n) is 5.59. The number of amides is 1. The molecule has 0 atom stereocenters. The van der Waals surface area contributed by atoms with Crippen molar-refractivity contribution in [3.63, 3.8) is 0 Å². The Bertz CT molecular complexity index is 141. The van der Waals surface area contributed by atoms with Gasteiger partial charge in [0.1, 0.15) is 6.54 Å². The molecular weight excluding hydrogens is 184 g/mol. The Labute approximate surface area is 115 Å². The fraction of sp³-hybridized carbons (Fsp3) is 0.600. The molecule has 0 aromatic carbocycles. The number of hydrogen-bond acceptors (Lipinski definition) is 3. The van der Waals surface area contributed by atoms with Crippen LogP contribution in [0.15, 0.2) is 0 Å². The van der Waals surface area contributed by atoms with Gasteiger partial charge in [-0.2, -0.15) is 0 Å². The Morgan fingerprint density at radius 3 is 2.25 bits per heavy atom. The maximum atomic E-state index is 10.4. The van der Waals surface area contributed by atoms with E-state index in [-0.39, 0.29) is 72.3 Å². The quantitative estimate of drug-likeness (QED) is 0.425. The van der Waals surface area contributed by atoms with E-state index in [9.17, 15) is 9.59 Å². The van der Waals surface area contributed by atoms with Crippen molar-refractivity contribution < 1.29 is 19.4 Å². The molecule has 0 aliphatic carbocycles. The Morgan fingerprint density at radius 2 is 1.92 bits per heavy atom. The summed E-state index contributed by atoms with van der Waals surface area (Å²) in [6.45, 7) is 1.63. The van der Waals surface area contributed by atoms with Gasteiger partial charge in [0.15, 0.2) is 0 Å². The third-order valence-electron chi connectivity index (χ3n) is 0.689. The Kier molecular flexibility index (Phi) is 18.1. The van der Waals surface area contributed by atoms with Crippen LogP contribution in [0.25, 0.3) is 0 Å². The number of esters is 1. The Hall–Kier alpha value is 0.740. The van der Waals surface area contributed by atoms with Crippen LogP contribution in [0, 0.1) is 0 Å². The summed E-state index contributed by atoms with van der Waals surface area (Å²) in [5.74, 6) is -0.565. The van der Waals surface area contributed by atoms with Gasteiger partial charge in [0.05, 0.1) is 6.61 Å². The Balaban J connectivity index is -0.000000405. The minimum atomic E-state index is -1.23. The van der Waals surface area contributed by atoms with E-state index in [1.54, 1.807) is 6.92 Å². The first kappa shape index (κ1) is 18.5. The number of ether oxygens (including phenoxy) is 1. The van der Waals surface area contributed by atoms with Crippen molar-refractivity contribution in [2.75, 3.05) is 13.2 Å². The topological polar surface area (TPSA) is 75.6 Å². The summed E-state index contributed by atoms with van der Waals surface area (Å²) < 4.78 is 4.43. The number of rotatable bonds is 3. The second-order valence-electron chi connectivity index (χ2n) is 1.46. The number of carbonyl (C=O) groups is 2. The van der Waals surface area contributed by atoms with Crippen molar-refractivity contribution in [3.8, 4) is 0 Å². The van der Waals surface area contributed by atoms with E-state index in [0.29, 0.717) is 0 Å². The molecule has 0 saturated heterocycles. The van der Waals surface area contributed by atoms with Crippen molar-refractivity contribution >= 4 is 71.2 Å². The average Bonchev–Trinajstić information content (AvgIpc) is 1.85. The molecule has 5 nitrogen and oxygen atoms in total. The molecule has 0 spiro atoms. The third-order valence-corrected chi connectivity index (χ3v) is 0.689. The first-order valence-corrected chi connectivity index (χ1v) is 2.79. The summed E-state index contributed by atoms with van der Waals surface area (Å²) in [5, 5.41) is 9.88. The van der Waals surface area contributed by atoms with Crippen molar-refractivity contribution in [2.45, 2.75) is 6.92 Å². The van der Waals surface area contributed by atoms with Crippen LogP contribution in [0.1, 0.15) is 6.92 Å². The van der Waals surface area contributed by atoms with Crippen molar-refractivity contribution in [2.24, 2.45) is 0 Å². The zero-order chi connectivity index (χ0) is 7.98. The van der Waals surface area contributed by atoms with E-state index in [2.05, 4.69) is 4.74 Å². The second kappa shape index (κ2) is 11.7. The predicted molar refractivity (Wildman–Crippen MR) is 47.0 cm³/mol. The van der Waals surface area contributed by atoms with Gasteiger partial charge in [-0.1, -0.05) is 0 Å². The molecule has 62 valence electrons. The molecule has 0 saturated carbocycles. The van der Waals surface area contributed by atoms with Crippen LogP contribution in [0.2, 0.25) is 0 Å². The first-order chi connectivity index (χ1) is 4.66. The molecule has 0 radical (unpaired) electrons. The van der Waals surface area contributed by atoms with E-state index in [4.69, 9.17) is 5.11 Å². The number of hydrogen-bond donors (Lipinski definition) is 2. The van der Waals surface area contributed by atoms with Crippen LogP contribution in [0.4, 0.5) is 4.79 Å². The number of carboxylic acid groups (broad SMARTS) is 1. The third kappa shape index (κ3) is 13.3. The zero-order valence-corrected chi connectivity index (χ0v) is 5.59. The van der Waals surface area contributed by atoms with E-state index < -0.39 is 12.1 Å². The molecular formula is C5H11NNa2O4. The molecule has 12 heavy (non-hydrogen) atoms. The Morgan fingerprint density at radius 1 is 1.42 bits per heavy atom. The molecule has 0 rings (SSSR count). The molecule has 0 bridgehead atoms. The second-order valence-corrected chi connectivity index (χ2v) is 1.46. The van der Waals surface area contributed by atoms with E-state index in [0.717, 1.165) is 0 Å². The normalized spacial score (nSPS) is 7.08. The van der Waals surface area contributed by atoms with Crippen molar-refractivity contribution in [1.82, 2.24) is 5.32 Å². The molecule has 0 unspecified atom stereocenters. The van der Waals surface area contributed by atoms with Crippen LogP contribution in [-0.4, -0.2) is 89.4 Å². The van der Waals surface area contributed by atoms with Crippen molar-refractivity contribution in [1.29, 1.82) is 0 Å². The molecule has 0 aromatic heterocycles. The van der Waals surface area contributed by atoms with Crippen LogP contribution in [0.3, 0.4) is 0 Å². The van der Waals surface area contributed by atoms with Gasteiger partial charge in [-0.3, -0.25) is 4.79 Å². The van der Waals surface area contributed by atoms with E-state index >= 15 is 0 Å². The predicted octanol–water partition coefficient (Wildman–Crippen LogP) is -1.48. The SMILES string of the molecule is CCOC(=O)CNC(=O)O.[NaH].[NaH]. The average molecular weight is 195 g/mol. The summed E-state index contributed by atoms with van der Waals surface area (Å²) in [7, 11) is 0. The minimum absolute atomic E-state index is 0. The fourth-order valence-corrected chi connectivity index (χ4v) is 0.360. The van der Waals surface area contributed by atoms with Gasteiger partial charge >= 0.3 is 71.2 Å². The summed E-state index contributed by atoms with van der Waals surface area (Å²) in [4.78, 5) is 20.2. The van der Waals surface area contributed by atoms with E-state index in [1.807, 2.05) is 5.32 Å². The van der Waals surface area contributed by atoms with Crippen LogP contribution in [0.5, 0.6) is 0 Å². The summed E-state index contributed by atoms with van der Waals surface area (Å²) in [6, 6.07) is 0. The summed E-state index contributed by atoms with van der Waals surface area (Å²) in [6.07, 6.45) is -1.23. The van der Waals surface area contributed by atoms with Crippen LogP contribution in [-0.2, 0) is 9.53 Å². The molecule has 7 heteroatoms. The van der Waals surface area contributed by atoms with Gasteiger partial charge in [-0.25, -0.2) is 4.79 Å². The van der Waals surface area contributed by atoms with Gasteiger partial charge in [0.2, 0.25) is 0 Å². The molecule has 0 aliphatic rings. The van der Waals surface area contributed by atoms with Crippen LogP contribution < -0.4 is 5.32 Å². The number of nitrogens with one attached hydrogen (secondary N) is 1. The molecule has 0 aromatic rings.